The van der Waals surface area contributed by atoms with Crippen molar-refractivity contribution < 1.29 is 14.6 Å². The number of nitrogens with one attached hydrogen (secondary N) is 2. The standard InChI is InChI=1S/C23H33ClN4O3/c1-16-21(8-3-4-10-24)27-23(28-22(16)26-18-9-11-30-14-18)17-6-5-7-20(12-17)31-15-19(29)13-25-2/h5-7,12,18-19,25,29H,3-4,8-11,13-15H2,1-2H3,(H,26,27,28)/t18-,19?/m1/s1. The van der Waals surface area contributed by atoms with Gasteiger partial charge in [-0.05, 0) is 51.8 Å². The van der Waals surface area contributed by atoms with Crippen LogP contribution in [0.2, 0.25) is 0 Å². The van der Waals surface area contributed by atoms with Gasteiger partial charge in [0, 0.05) is 35.9 Å². The van der Waals surface area contributed by atoms with Gasteiger partial charge in [0.25, 0.3) is 0 Å². The molecule has 2 atom stereocenters. The van der Waals surface area contributed by atoms with Crippen LogP contribution in [0, 0.1) is 6.92 Å². The minimum Gasteiger partial charge on any atom is -0.491 e. The molecule has 0 bridgehead atoms. The summed E-state index contributed by atoms with van der Waals surface area (Å²) in [6.07, 6.45) is 3.20. The molecule has 3 rings (SSSR count). The van der Waals surface area contributed by atoms with Gasteiger partial charge in [0.2, 0.25) is 0 Å². The van der Waals surface area contributed by atoms with Crippen molar-refractivity contribution in [3.05, 3.63) is 35.5 Å². The molecule has 1 aliphatic rings. The molecule has 1 aromatic heterocycles. The quantitative estimate of drug-likeness (QED) is 0.339. The van der Waals surface area contributed by atoms with Gasteiger partial charge >= 0.3 is 0 Å². The number of rotatable bonds is 12. The average molecular weight is 449 g/mol. The molecular weight excluding hydrogens is 416 g/mol. The lowest BCUT2D eigenvalue weighted by molar-refractivity contribution is 0.108. The van der Waals surface area contributed by atoms with Crippen LogP contribution in [0.1, 0.15) is 30.5 Å². The molecule has 3 N–H and O–H groups in total. The van der Waals surface area contributed by atoms with Crippen LogP contribution in [0.3, 0.4) is 0 Å². The number of unbranched alkanes of at least 4 members (excludes halogenated alkanes) is 1. The Balaban J connectivity index is 1.84. The third kappa shape index (κ3) is 7.04. The van der Waals surface area contributed by atoms with E-state index < -0.39 is 6.10 Å². The molecular formula is C23H33ClN4O3. The fourth-order valence-electron chi connectivity index (χ4n) is 3.52. The summed E-state index contributed by atoms with van der Waals surface area (Å²) in [4.78, 5) is 9.72. The average Bonchev–Trinajstić information content (AvgIpc) is 3.28. The summed E-state index contributed by atoms with van der Waals surface area (Å²) < 4.78 is 11.3. The SMILES string of the molecule is CNCC(O)COc1cccc(-c2nc(CCCCCl)c(C)c(N[C@@H]3CCOC3)n2)c1. The molecule has 31 heavy (non-hydrogen) atoms. The van der Waals surface area contributed by atoms with Crippen molar-refractivity contribution >= 4 is 17.4 Å². The van der Waals surface area contributed by atoms with E-state index in [-0.39, 0.29) is 12.6 Å². The number of ether oxygens (including phenoxy) is 2. The molecule has 0 aliphatic carbocycles. The second-order valence-electron chi connectivity index (χ2n) is 7.87. The van der Waals surface area contributed by atoms with Crippen LogP contribution in [-0.2, 0) is 11.2 Å². The Labute approximate surface area is 189 Å². The lowest BCUT2D eigenvalue weighted by Crippen LogP contribution is -2.29. The number of aliphatic hydroxyl groups is 1. The van der Waals surface area contributed by atoms with E-state index in [1.54, 1.807) is 7.05 Å². The fraction of sp³-hybridized carbons (Fsp3) is 0.565. The van der Waals surface area contributed by atoms with Crippen molar-refractivity contribution in [1.82, 2.24) is 15.3 Å². The zero-order chi connectivity index (χ0) is 22.1. The van der Waals surface area contributed by atoms with Gasteiger partial charge in [-0.2, -0.15) is 0 Å². The molecule has 0 radical (unpaired) electrons. The number of hydrogen-bond donors (Lipinski definition) is 3. The molecule has 1 aliphatic heterocycles. The maximum Gasteiger partial charge on any atom is 0.161 e. The Kier molecular flexibility index (Phi) is 9.33. The first-order chi connectivity index (χ1) is 15.1. The van der Waals surface area contributed by atoms with Crippen molar-refractivity contribution in [3.63, 3.8) is 0 Å². The number of likely N-dealkylation sites (N-methyl/N-ethyl adjacent to an activating group) is 1. The number of aliphatic hydroxyl groups excluding tert-OH is 1. The first kappa shape index (κ1) is 23.7. The van der Waals surface area contributed by atoms with E-state index in [1.807, 2.05) is 24.3 Å². The molecule has 0 saturated carbocycles. The van der Waals surface area contributed by atoms with E-state index in [2.05, 4.69) is 17.6 Å². The maximum atomic E-state index is 9.90. The molecule has 7 nitrogen and oxygen atoms in total. The minimum atomic E-state index is -0.567. The van der Waals surface area contributed by atoms with Gasteiger partial charge in [0.1, 0.15) is 24.3 Å². The zero-order valence-electron chi connectivity index (χ0n) is 18.4. The number of hydrogen-bond acceptors (Lipinski definition) is 7. The minimum absolute atomic E-state index is 0.219. The van der Waals surface area contributed by atoms with Crippen LogP contribution < -0.4 is 15.4 Å². The summed E-state index contributed by atoms with van der Waals surface area (Å²) in [5.74, 6) is 2.85. The normalized spacial score (nSPS) is 17.0. The van der Waals surface area contributed by atoms with Crippen molar-refractivity contribution in [3.8, 4) is 17.1 Å². The summed E-state index contributed by atoms with van der Waals surface area (Å²) in [7, 11) is 1.80. The first-order valence-corrected chi connectivity index (χ1v) is 11.5. The third-order valence-corrected chi connectivity index (χ3v) is 5.56. The van der Waals surface area contributed by atoms with Crippen LogP contribution in [0.25, 0.3) is 11.4 Å². The lowest BCUT2D eigenvalue weighted by Gasteiger charge is -2.17. The van der Waals surface area contributed by atoms with Crippen LogP contribution in [0.4, 0.5) is 5.82 Å². The Morgan fingerprint density at radius 1 is 1.32 bits per heavy atom. The second kappa shape index (κ2) is 12.2. The summed E-state index contributed by atoms with van der Waals surface area (Å²) in [6.45, 7) is 4.23. The number of aryl methyl sites for hydroxylation is 1. The van der Waals surface area contributed by atoms with Gasteiger partial charge in [-0.1, -0.05) is 12.1 Å². The number of nitrogens with zero attached hydrogens (tertiary/aromatic N) is 2. The van der Waals surface area contributed by atoms with Crippen LogP contribution in [-0.4, -0.2) is 66.5 Å². The van der Waals surface area contributed by atoms with Crippen LogP contribution >= 0.6 is 11.6 Å². The van der Waals surface area contributed by atoms with Crippen molar-refractivity contribution in [2.45, 2.75) is 44.8 Å². The molecule has 1 aromatic carbocycles. The van der Waals surface area contributed by atoms with E-state index in [0.29, 0.717) is 30.6 Å². The number of halogens is 1. The molecule has 170 valence electrons. The molecule has 1 fully saturated rings. The summed E-state index contributed by atoms with van der Waals surface area (Å²) >= 11 is 5.87. The van der Waals surface area contributed by atoms with Crippen molar-refractivity contribution in [2.24, 2.45) is 0 Å². The van der Waals surface area contributed by atoms with Gasteiger partial charge in [0.15, 0.2) is 5.82 Å². The second-order valence-corrected chi connectivity index (χ2v) is 8.25. The van der Waals surface area contributed by atoms with E-state index in [1.165, 1.54) is 0 Å². The smallest absolute Gasteiger partial charge is 0.161 e. The Morgan fingerprint density at radius 3 is 2.94 bits per heavy atom. The van der Waals surface area contributed by atoms with Gasteiger partial charge in [-0.3, -0.25) is 0 Å². The Morgan fingerprint density at radius 2 is 2.19 bits per heavy atom. The lowest BCUT2D eigenvalue weighted by atomic mass is 10.1. The van der Waals surface area contributed by atoms with Gasteiger partial charge < -0.3 is 25.2 Å². The molecule has 1 unspecified atom stereocenters. The first-order valence-electron chi connectivity index (χ1n) is 10.9. The predicted molar refractivity (Wildman–Crippen MR) is 124 cm³/mol. The van der Waals surface area contributed by atoms with Gasteiger partial charge in [-0.15, -0.1) is 11.6 Å². The molecule has 2 aromatic rings. The van der Waals surface area contributed by atoms with Crippen LogP contribution in [0.15, 0.2) is 24.3 Å². The van der Waals surface area contributed by atoms with E-state index >= 15 is 0 Å². The summed E-state index contributed by atoms with van der Waals surface area (Å²) in [5.41, 5.74) is 2.99. The number of aromatic nitrogens is 2. The van der Waals surface area contributed by atoms with E-state index in [4.69, 9.17) is 31.0 Å². The number of benzene rings is 1. The molecule has 1 saturated heterocycles. The third-order valence-electron chi connectivity index (χ3n) is 5.29. The van der Waals surface area contributed by atoms with Crippen LogP contribution in [0.5, 0.6) is 5.75 Å². The molecule has 0 spiro atoms. The largest absolute Gasteiger partial charge is 0.491 e. The molecule has 0 amide bonds. The topological polar surface area (TPSA) is 88.5 Å². The number of anilines is 1. The molecule has 8 heteroatoms. The predicted octanol–water partition coefficient (Wildman–Crippen LogP) is 3.17. The highest BCUT2D eigenvalue weighted by Crippen LogP contribution is 2.27. The summed E-state index contributed by atoms with van der Waals surface area (Å²) in [5, 5.41) is 16.4. The Bertz CT molecular complexity index is 830. The fourth-order valence-corrected chi connectivity index (χ4v) is 3.71. The Hall–Kier alpha value is -1.93. The van der Waals surface area contributed by atoms with Gasteiger partial charge in [0.05, 0.1) is 12.6 Å². The van der Waals surface area contributed by atoms with Crippen molar-refractivity contribution in [1.29, 1.82) is 0 Å². The number of alkyl halides is 1. The monoisotopic (exact) mass is 448 g/mol. The van der Waals surface area contributed by atoms with E-state index in [0.717, 1.165) is 54.9 Å². The van der Waals surface area contributed by atoms with Crippen molar-refractivity contribution in [2.75, 3.05) is 44.6 Å². The highest BCUT2D eigenvalue weighted by atomic mass is 35.5. The van der Waals surface area contributed by atoms with Gasteiger partial charge in [-0.25, -0.2) is 9.97 Å². The molecule has 2 heterocycles. The highest BCUT2D eigenvalue weighted by Gasteiger charge is 2.19. The van der Waals surface area contributed by atoms with E-state index in [9.17, 15) is 5.11 Å². The maximum absolute atomic E-state index is 9.90. The highest BCUT2D eigenvalue weighted by molar-refractivity contribution is 6.17. The zero-order valence-corrected chi connectivity index (χ0v) is 19.1. The summed E-state index contributed by atoms with van der Waals surface area (Å²) in [6, 6.07) is 7.96.